The zero-order chi connectivity index (χ0) is 12.4. The van der Waals surface area contributed by atoms with Gasteiger partial charge in [-0.2, -0.15) is 4.98 Å². The number of nitrogens with two attached hydrogens (primary N) is 1. The largest absolute Gasteiger partial charge is 0.496 e. The Kier molecular flexibility index (Phi) is 2.86. The standard InChI is InChI=1S/C11H14N4O2/c1-15(2)11-13-10(17-14-11)8-5-4-7(12)6-9(8)16-3/h4-6H,12H2,1-3H3. The van der Waals surface area contributed by atoms with E-state index in [9.17, 15) is 0 Å². The molecular formula is C11H14N4O2. The second-order valence-electron chi connectivity index (χ2n) is 3.75. The third-order valence-electron chi connectivity index (χ3n) is 2.27. The highest BCUT2D eigenvalue weighted by atomic mass is 16.5. The van der Waals surface area contributed by atoms with Crippen LogP contribution in [0, 0.1) is 0 Å². The Morgan fingerprint density at radius 1 is 1.35 bits per heavy atom. The van der Waals surface area contributed by atoms with Crippen molar-refractivity contribution in [3.63, 3.8) is 0 Å². The van der Waals surface area contributed by atoms with Crippen LogP contribution in [0.25, 0.3) is 11.5 Å². The predicted octanol–water partition coefficient (Wildman–Crippen LogP) is 1.39. The number of nitrogens with zero attached hydrogens (tertiary/aromatic N) is 3. The van der Waals surface area contributed by atoms with E-state index in [1.165, 1.54) is 0 Å². The topological polar surface area (TPSA) is 77.4 Å². The molecule has 0 radical (unpaired) electrons. The first-order valence-corrected chi connectivity index (χ1v) is 5.06. The molecule has 17 heavy (non-hydrogen) atoms. The molecule has 6 heteroatoms. The maximum atomic E-state index is 5.68. The Labute approximate surface area is 99.0 Å². The molecule has 0 aliphatic heterocycles. The van der Waals surface area contributed by atoms with Gasteiger partial charge in [0.25, 0.3) is 11.8 Å². The highest BCUT2D eigenvalue weighted by Crippen LogP contribution is 2.31. The van der Waals surface area contributed by atoms with Crippen LogP contribution in [0.5, 0.6) is 5.75 Å². The van der Waals surface area contributed by atoms with Gasteiger partial charge in [-0.1, -0.05) is 0 Å². The maximum absolute atomic E-state index is 5.68. The van der Waals surface area contributed by atoms with Gasteiger partial charge >= 0.3 is 0 Å². The van der Waals surface area contributed by atoms with Crippen molar-refractivity contribution in [1.29, 1.82) is 0 Å². The van der Waals surface area contributed by atoms with Gasteiger partial charge in [0.1, 0.15) is 5.75 Å². The van der Waals surface area contributed by atoms with Crippen molar-refractivity contribution in [2.45, 2.75) is 0 Å². The van der Waals surface area contributed by atoms with E-state index in [1.807, 2.05) is 14.1 Å². The summed E-state index contributed by atoms with van der Waals surface area (Å²) in [4.78, 5) is 6.01. The maximum Gasteiger partial charge on any atom is 0.265 e. The van der Waals surface area contributed by atoms with Gasteiger partial charge in [-0.3, -0.25) is 0 Å². The van der Waals surface area contributed by atoms with Gasteiger partial charge in [0.2, 0.25) is 0 Å². The Morgan fingerprint density at radius 3 is 2.71 bits per heavy atom. The normalized spacial score (nSPS) is 10.3. The Hall–Kier alpha value is -2.24. The molecule has 1 aromatic heterocycles. The summed E-state index contributed by atoms with van der Waals surface area (Å²) in [6.07, 6.45) is 0. The molecule has 0 bridgehead atoms. The van der Waals surface area contributed by atoms with Crippen LogP contribution in [0.1, 0.15) is 0 Å². The van der Waals surface area contributed by atoms with Crippen molar-refractivity contribution in [2.75, 3.05) is 31.8 Å². The van der Waals surface area contributed by atoms with Crippen molar-refractivity contribution in [3.05, 3.63) is 18.2 Å². The van der Waals surface area contributed by atoms with Crippen LogP contribution < -0.4 is 15.4 Å². The summed E-state index contributed by atoms with van der Waals surface area (Å²) in [5.74, 6) is 1.53. The van der Waals surface area contributed by atoms with E-state index < -0.39 is 0 Å². The number of aromatic nitrogens is 2. The van der Waals surface area contributed by atoms with E-state index in [-0.39, 0.29) is 0 Å². The highest BCUT2D eigenvalue weighted by Gasteiger charge is 2.14. The van der Waals surface area contributed by atoms with E-state index in [1.54, 1.807) is 30.2 Å². The average Bonchev–Trinajstić information content (AvgIpc) is 2.78. The number of anilines is 2. The van der Waals surface area contributed by atoms with Crippen LogP contribution in [-0.2, 0) is 0 Å². The minimum atomic E-state index is 0.408. The Morgan fingerprint density at radius 2 is 2.12 bits per heavy atom. The fourth-order valence-electron chi connectivity index (χ4n) is 1.39. The fraction of sp³-hybridized carbons (Fsp3) is 0.273. The molecule has 90 valence electrons. The lowest BCUT2D eigenvalue weighted by molar-refractivity contribution is 0.405. The van der Waals surface area contributed by atoms with E-state index in [2.05, 4.69) is 10.1 Å². The monoisotopic (exact) mass is 234 g/mol. The van der Waals surface area contributed by atoms with Crippen molar-refractivity contribution in [3.8, 4) is 17.2 Å². The van der Waals surface area contributed by atoms with Crippen LogP contribution in [0.4, 0.5) is 11.6 Å². The highest BCUT2D eigenvalue weighted by molar-refractivity contribution is 5.67. The summed E-state index contributed by atoms with van der Waals surface area (Å²) in [6.45, 7) is 0. The number of rotatable bonds is 3. The van der Waals surface area contributed by atoms with E-state index >= 15 is 0 Å². The molecule has 6 nitrogen and oxygen atoms in total. The zero-order valence-electron chi connectivity index (χ0n) is 9.97. The summed E-state index contributed by atoms with van der Waals surface area (Å²) in [5.41, 5.74) is 7.03. The molecule has 0 saturated carbocycles. The molecule has 0 saturated heterocycles. The van der Waals surface area contributed by atoms with Gasteiger partial charge in [0.05, 0.1) is 12.7 Å². The summed E-state index contributed by atoms with van der Waals surface area (Å²) in [6, 6.07) is 5.27. The Balaban J connectivity index is 2.44. The van der Waals surface area contributed by atoms with Crippen molar-refractivity contribution >= 4 is 11.6 Å². The minimum absolute atomic E-state index is 0.408. The van der Waals surface area contributed by atoms with Gasteiger partial charge < -0.3 is 19.9 Å². The van der Waals surface area contributed by atoms with Crippen molar-refractivity contribution < 1.29 is 9.26 Å². The molecule has 0 spiro atoms. The van der Waals surface area contributed by atoms with Crippen LogP contribution >= 0.6 is 0 Å². The SMILES string of the molecule is COc1cc(N)ccc1-c1nc(N(C)C)no1. The van der Waals surface area contributed by atoms with Crippen LogP contribution in [0.3, 0.4) is 0 Å². The smallest absolute Gasteiger partial charge is 0.265 e. The average molecular weight is 234 g/mol. The van der Waals surface area contributed by atoms with E-state index in [0.29, 0.717) is 23.3 Å². The zero-order valence-corrected chi connectivity index (χ0v) is 9.97. The number of benzene rings is 1. The van der Waals surface area contributed by atoms with Crippen LogP contribution in [-0.4, -0.2) is 31.3 Å². The molecule has 1 aromatic carbocycles. The van der Waals surface area contributed by atoms with Gasteiger partial charge in [-0.05, 0) is 17.3 Å². The quantitative estimate of drug-likeness (QED) is 0.809. The number of hydrogen-bond donors (Lipinski definition) is 1. The molecule has 2 N–H and O–H groups in total. The molecule has 0 aliphatic carbocycles. The molecule has 0 unspecified atom stereocenters. The van der Waals surface area contributed by atoms with E-state index in [0.717, 1.165) is 5.56 Å². The number of hydrogen-bond acceptors (Lipinski definition) is 6. The molecule has 2 aromatic rings. The second-order valence-corrected chi connectivity index (χ2v) is 3.75. The van der Waals surface area contributed by atoms with Gasteiger partial charge in [0.15, 0.2) is 0 Å². The first-order valence-electron chi connectivity index (χ1n) is 5.06. The van der Waals surface area contributed by atoms with E-state index in [4.69, 9.17) is 15.0 Å². The van der Waals surface area contributed by atoms with Gasteiger partial charge in [-0.15, -0.1) is 0 Å². The first-order chi connectivity index (χ1) is 8.11. The summed E-state index contributed by atoms with van der Waals surface area (Å²) < 4.78 is 10.4. The molecule has 0 amide bonds. The number of methoxy groups -OCH3 is 1. The third kappa shape index (κ3) is 2.15. The molecular weight excluding hydrogens is 220 g/mol. The predicted molar refractivity (Wildman–Crippen MR) is 65.0 cm³/mol. The van der Waals surface area contributed by atoms with Crippen LogP contribution in [0.2, 0.25) is 0 Å². The molecule has 0 fully saturated rings. The first kappa shape index (κ1) is 11.3. The lowest BCUT2D eigenvalue weighted by Gasteiger charge is -2.05. The van der Waals surface area contributed by atoms with Crippen molar-refractivity contribution in [2.24, 2.45) is 0 Å². The lowest BCUT2D eigenvalue weighted by atomic mass is 10.2. The van der Waals surface area contributed by atoms with Gasteiger partial charge in [0, 0.05) is 25.8 Å². The summed E-state index contributed by atoms with van der Waals surface area (Å²) in [5, 5.41) is 3.84. The molecule has 2 rings (SSSR count). The third-order valence-corrected chi connectivity index (χ3v) is 2.27. The minimum Gasteiger partial charge on any atom is -0.496 e. The van der Waals surface area contributed by atoms with Crippen LogP contribution in [0.15, 0.2) is 22.7 Å². The number of nitrogen functional groups attached to an aromatic ring is 1. The van der Waals surface area contributed by atoms with Gasteiger partial charge in [-0.25, -0.2) is 0 Å². The molecule has 0 aliphatic rings. The second kappa shape index (κ2) is 4.32. The molecule has 0 atom stereocenters. The number of ether oxygens (including phenoxy) is 1. The Bertz CT molecular complexity index is 522. The summed E-state index contributed by atoms with van der Waals surface area (Å²) in [7, 11) is 5.26. The summed E-state index contributed by atoms with van der Waals surface area (Å²) >= 11 is 0. The lowest BCUT2D eigenvalue weighted by Crippen LogP contribution is -2.10. The fourth-order valence-corrected chi connectivity index (χ4v) is 1.39. The molecule has 1 heterocycles. The van der Waals surface area contributed by atoms with Crippen molar-refractivity contribution in [1.82, 2.24) is 10.1 Å².